The molecule has 0 aliphatic rings. The summed E-state index contributed by atoms with van der Waals surface area (Å²) in [5.74, 6) is 0.164. The zero-order valence-corrected chi connectivity index (χ0v) is 10.6. The number of hydrogen-bond acceptors (Lipinski definition) is 4. The second-order valence-corrected chi connectivity index (χ2v) is 3.40. The summed E-state index contributed by atoms with van der Waals surface area (Å²) in [4.78, 5) is 15.5. The number of rotatable bonds is 6. The SMILES string of the molecule is COCCCCNC(=O)c1cccc(N)n1.Cl. The van der Waals surface area contributed by atoms with E-state index in [4.69, 9.17) is 10.5 Å². The Bertz CT molecular complexity index is 347. The minimum absolute atomic E-state index is 0. The Kier molecular flexibility index (Phi) is 8.09. The Balaban J connectivity index is 0.00000256. The van der Waals surface area contributed by atoms with Crippen molar-refractivity contribution in [2.75, 3.05) is 26.0 Å². The summed E-state index contributed by atoms with van der Waals surface area (Å²) in [6.07, 6.45) is 1.82. The Hall–Kier alpha value is -1.33. The highest BCUT2D eigenvalue weighted by Gasteiger charge is 2.05. The number of pyridine rings is 1. The fourth-order valence-electron chi connectivity index (χ4n) is 1.24. The van der Waals surface area contributed by atoms with Crippen molar-refractivity contribution < 1.29 is 9.53 Å². The number of nitrogen functional groups attached to an aromatic ring is 1. The highest BCUT2D eigenvalue weighted by atomic mass is 35.5. The molecule has 0 radical (unpaired) electrons. The maximum absolute atomic E-state index is 11.6. The Morgan fingerprint density at radius 3 is 2.88 bits per heavy atom. The molecule has 1 heterocycles. The second-order valence-electron chi connectivity index (χ2n) is 3.40. The fraction of sp³-hybridized carbons (Fsp3) is 0.455. The second kappa shape index (κ2) is 8.78. The van der Waals surface area contributed by atoms with Crippen LogP contribution < -0.4 is 11.1 Å². The van der Waals surface area contributed by atoms with Crippen molar-refractivity contribution in [3.05, 3.63) is 23.9 Å². The number of carbonyl (C=O) groups excluding carboxylic acids is 1. The van der Waals surface area contributed by atoms with Gasteiger partial charge in [0.1, 0.15) is 11.5 Å². The molecule has 0 saturated carbocycles. The molecule has 1 amide bonds. The van der Waals surface area contributed by atoms with Crippen LogP contribution in [0.1, 0.15) is 23.3 Å². The molecule has 5 nitrogen and oxygen atoms in total. The first-order chi connectivity index (χ1) is 7.74. The molecule has 6 heteroatoms. The molecule has 1 aromatic rings. The molecular weight excluding hydrogens is 242 g/mol. The largest absolute Gasteiger partial charge is 0.385 e. The summed E-state index contributed by atoms with van der Waals surface area (Å²) in [5.41, 5.74) is 5.84. The molecule has 0 bridgehead atoms. The lowest BCUT2D eigenvalue weighted by atomic mass is 10.3. The lowest BCUT2D eigenvalue weighted by Gasteiger charge is -2.04. The van der Waals surface area contributed by atoms with Crippen molar-refractivity contribution in [3.8, 4) is 0 Å². The number of nitrogens with zero attached hydrogens (tertiary/aromatic N) is 1. The first-order valence-electron chi connectivity index (χ1n) is 5.23. The topological polar surface area (TPSA) is 77.2 Å². The predicted molar refractivity (Wildman–Crippen MR) is 69.3 cm³/mol. The van der Waals surface area contributed by atoms with E-state index in [1.807, 2.05) is 0 Å². The van der Waals surface area contributed by atoms with Gasteiger partial charge in [-0.3, -0.25) is 4.79 Å². The fourth-order valence-corrected chi connectivity index (χ4v) is 1.24. The number of anilines is 1. The first kappa shape index (κ1) is 15.7. The van der Waals surface area contributed by atoms with E-state index in [-0.39, 0.29) is 18.3 Å². The van der Waals surface area contributed by atoms with E-state index in [1.54, 1.807) is 25.3 Å². The van der Waals surface area contributed by atoms with Crippen molar-refractivity contribution >= 4 is 24.1 Å². The molecule has 96 valence electrons. The van der Waals surface area contributed by atoms with Gasteiger partial charge in [0.2, 0.25) is 0 Å². The number of amides is 1. The summed E-state index contributed by atoms with van der Waals surface area (Å²) in [6, 6.07) is 5.00. The summed E-state index contributed by atoms with van der Waals surface area (Å²) < 4.78 is 4.91. The number of ether oxygens (including phenoxy) is 1. The van der Waals surface area contributed by atoms with Crippen molar-refractivity contribution in [2.24, 2.45) is 0 Å². The number of hydrogen-bond donors (Lipinski definition) is 2. The molecule has 0 atom stereocenters. The van der Waals surface area contributed by atoms with Crippen LogP contribution in [0.3, 0.4) is 0 Å². The zero-order valence-electron chi connectivity index (χ0n) is 9.81. The van der Waals surface area contributed by atoms with Gasteiger partial charge in [0.05, 0.1) is 0 Å². The van der Waals surface area contributed by atoms with Gasteiger partial charge in [-0.15, -0.1) is 12.4 Å². The zero-order chi connectivity index (χ0) is 11.8. The van der Waals surface area contributed by atoms with E-state index >= 15 is 0 Å². The van der Waals surface area contributed by atoms with Gasteiger partial charge in [-0.25, -0.2) is 4.98 Å². The van der Waals surface area contributed by atoms with Gasteiger partial charge in [-0.2, -0.15) is 0 Å². The lowest BCUT2D eigenvalue weighted by molar-refractivity contribution is 0.0946. The minimum atomic E-state index is -0.190. The minimum Gasteiger partial charge on any atom is -0.385 e. The van der Waals surface area contributed by atoms with E-state index in [2.05, 4.69) is 10.3 Å². The third kappa shape index (κ3) is 6.09. The number of nitrogens with two attached hydrogens (primary N) is 1. The molecule has 0 fully saturated rings. The molecule has 1 rings (SSSR count). The molecule has 0 saturated heterocycles. The summed E-state index contributed by atoms with van der Waals surface area (Å²) in [7, 11) is 1.66. The van der Waals surface area contributed by atoms with Crippen molar-refractivity contribution in [1.29, 1.82) is 0 Å². The smallest absolute Gasteiger partial charge is 0.269 e. The van der Waals surface area contributed by atoms with Gasteiger partial charge >= 0.3 is 0 Å². The molecule has 3 N–H and O–H groups in total. The Labute approximate surface area is 107 Å². The van der Waals surface area contributed by atoms with Crippen LogP contribution in [0.15, 0.2) is 18.2 Å². The van der Waals surface area contributed by atoms with E-state index in [0.29, 0.717) is 24.7 Å². The van der Waals surface area contributed by atoms with E-state index < -0.39 is 0 Å². The molecule has 17 heavy (non-hydrogen) atoms. The van der Waals surface area contributed by atoms with Crippen LogP contribution >= 0.6 is 12.4 Å². The molecule has 1 aromatic heterocycles. The van der Waals surface area contributed by atoms with Crippen LogP contribution in [0.4, 0.5) is 5.82 Å². The third-order valence-electron chi connectivity index (χ3n) is 2.06. The molecular formula is C11H18ClN3O2. The summed E-state index contributed by atoms with van der Waals surface area (Å²) in [6.45, 7) is 1.34. The quantitative estimate of drug-likeness (QED) is 0.754. The monoisotopic (exact) mass is 259 g/mol. The molecule has 0 unspecified atom stereocenters. The number of aromatic nitrogens is 1. The van der Waals surface area contributed by atoms with Gasteiger partial charge in [-0.05, 0) is 25.0 Å². The van der Waals surface area contributed by atoms with E-state index in [0.717, 1.165) is 12.8 Å². The van der Waals surface area contributed by atoms with Crippen molar-refractivity contribution in [1.82, 2.24) is 10.3 Å². The van der Waals surface area contributed by atoms with E-state index in [9.17, 15) is 4.79 Å². The third-order valence-corrected chi connectivity index (χ3v) is 2.06. The molecule has 0 aliphatic carbocycles. The maximum atomic E-state index is 11.6. The highest BCUT2D eigenvalue weighted by Crippen LogP contribution is 2.00. The Morgan fingerprint density at radius 1 is 1.47 bits per heavy atom. The average molecular weight is 260 g/mol. The highest BCUT2D eigenvalue weighted by molar-refractivity contribution is 5.92. The van der Waals surface area contributed by atoms with Gasteiger partial charge in [0.25, 0.3) is 5.91 Å². The summed E-state index contributed by atoms with van der Waals surface area (Å²) >= 11 is 0. The molecule has 0 spiro atoms. The lowest BCUT2D eigenvalue weighted by Crippen LogP contribution is -2.25. The number of halogens is 1. The van der Waals surface area contributed by atoms with Crippen LogP contribution in [0.2, 0.25) is 0 Å². The standard InChI is InChI=1S/C11H17N3O2.ClH/c1-16-8-3-2-7-13-11(15)9-5-4-6-10(12)14-9;/h4-6H,2-3,7-8H2,1H3,(H2,12,14)(H,13,15);1H. The van der Waals surface area contributed by atoms with Gasteiger partial charge in [-0.1, -0.05) is 6.07 Å². The normalized spacial score (nSPS) is 9.47. The molecule has 0 aliphatic heterocycles. The van der Waals surface area contributed by atoms with Crippen molar-refractivity contribution in [2.45, 2.75) is 12.8 Å². The van der Waals surface area contributed by atoms with Crippen LogP contribution in [-0.4, -0.2) is 31.2 Å². The van der Waals surface area contributed by atoms with Gasteiger partial charge < -0.3 is 15.8 Å². The Morgan fingerprint density at radius 2 is 2.24 bits per heavy atom. The summed E-state index contributed by atoms with van der Waals surface area (Å²) in [5, 5.41) is 2.77. The van der Waals surface area contributed by atoms with Gasteiger partial charge in [0.15, 0.2) is 0 Å². The number of carbonyl (C=O) groups is 1. The predicted octanol–water partition coefficient (Wildman–Crippen LogP) is 1.24. The van der Waals surface area contributed by atoms with Crippen molar-refractivity contribution in [3.63, 3.8) is 0 Å². The number of methoxy groups -OCH3 is 1. The van der Waals surface area contributed by atoms with Crippen LogP contribution in [0, 0.1) is 0 Å². The maximum Gasteiger partial charge on any atom is 0.269 e. The molecule has 0 aromatic carbocycles. The number of nitrogens with one attached hydrogen (secondary N) is 1. The average Bonchev–Trinajstić information content (AvgIpc) is 2.28. The van der Waals surface area contributed by atoms with Gasteiger partial charge in [0, 0.05) is 20.3 Å². The van der Waals surface area contributed by atoms with Crippen LogP contribution in [0.5, 0.6) is 0 Å². The number of unbranched alkanes of at least 4 members (excludes halogenated alkanes) is 1. The first-order valence-corrected chi connectivity index (χ1v) is 5.23. The van der Waals surface area contributed by atoms with Crippen LogP contribution in [0.25, 0.3) is 0 Å². The van der Waals surface area contributed by atoms with Crippen LogP contribution in [-0.2, 0) is 4.74 Å². The van der Waals surface area contributed by atoms with E-state index in [1.165, 1.54) is 0 Å².